The van der Waals surface area contributed by atoms with Crippen LogP contribution in [-0.4, -0.2) is 29.6 Å². The minimum absolute atomic E-state index is 0.0128. The Balaban J connectivity index is 1.68. The Bertz CT molecular complexity index is 634. The molecule has 1 unspecified atom stereocenters. The third kappa shape index (κ3) is 3.67. The Labute approximate surface area is 137 Å². The molecule has 1 fully saturated rings. The maximum atomic E-state index is 6.08. The SMILES string of the molecule is Nc1ncc(CN2CCOC(c3ccc(Cl)c(Cl)c3)C2)s1. The summed E-state index contributed by atoms with van der Waals surface area (Å²) in [4.78, 5) is 7.59. The van der Waals surface area contributed by atoms with Crippen molar-refractivity contribution in [3.05, 3.63) is 44.9 Å². The van der Waals surface area contributed by atoms with E-state index in [0.29, 0.717) is 21.8 Å². The lowest BCUT2D eigenvalue weighted by Crippen LogP contribution is -2.37. The molecule has 2 heterocycles. The summed E-state index contributed by atoms with van der Waals surface area (Å²) in [5.74, 6) is 0. The number of hydrogen-bond donors (Lipinski definition) is 1. The summed E-state index contributed by atoms with van der Waals surface area (Å²) in [6.07, 6.45) is 1.85. The van der Waals surface area contributed by atoms with Crippen molar-refractivity contribution in [1.29, 1.82) is 0 Å². The molecule has 0 saturated carbocycles. The van der Waals surface area contributed by atoms with E-state index in [2.05, 4.69) is 9.88 Å². The van der Waals surface area contributed by atoms with Gasteiger partial charge in [-0.25, -0.2) is 4.98 Å². The second-order valence-electron chi connectivity index (χ2n) is 4.93. The zero-order chi connectivity index (χ0) is 14.8. The molecule has 1 aliphatic heterocycles. The highest BCUT2D eigenvalue weighted by Gasteiger charge is 2.23. The number of nitrogen functional groups attached to an aromatic ring is 1. The van der Waals surface area contributed by atoms with Crippen LogP contribution in [0.2, 0.25) is 10.0 Å². The number of nitrogens with zero attached hydrogens (tertiary/aromatic N) is 2. The van der Waals surface area contributed by atoms with Gasteiger partial charge in [-0.15, -0.1) is 11.3 Å². The van der Waals surface area contributed by atoms with Crippen LogP contribution >= 0.6 is 34.5 Å². The van der Waals surface area contributed by atoms with E-state index in [1.54, 1.807) is 0 Å². The molecule has 1 aromatic carbocycles. The van der Waals surface area contributed by atoms with E-state index >= 15 is 0 Å². The number of rotatable bonds is 3. The average molecular weight is 344 g/mol. The average Bonchev–Trinajstić information content (AvgIpc) is 2.87. The fourth-order valence-corrected chi connectivity index (χ4v) is 3.41. The van der Waals surface area contributed by atoms with Gasteiger partial charge in [0.2, 0.25) is 0 Å². The molecule has 0 spiro atoms. The molecular weight excluding hydrogens is 329 g/mol. The maximum Gasteiger partial charge on any atom is 0.180 e. The highest BCUT2D eigenvalue weighted by molar-refractivity contribution is 7.15. The molecule has 0 radical (unpaired) electrons. The summed E-state index contributed by atoms with van der Waals surface area (Å²) in [7, 11) is 0. The first-order chi connectivity index (χ1) is 10.1. The van der Waals surface area contributed by atoms with Crippen LogP contribution < -0.4 is 5.73 Å². The van der Waals surface area contributed by atoms with E-state index in [1.165, 1.54) is 16.2 Å². The number of halogens is 2. The lowest BCUT2D eigenvalue weighted by molar-refractivity contribution is -0.0326. The summed E-state index contributed by atoms with van der Waals surface area (Å²) in [6.45, 7) is 3.25. The van der Waals surface area contributed by atoms with Crippen molar-refractivity contribution in [2.75, 3.05) is 25.4 Å². The quantitative estimate of drug-likeness (QED) is 0.924. The molecule has 0 aliphatic carbocycles. The molecular formula is C14H15Cl2N3OS. The summed E-state index contributed by atoms with van der Waals surface area (Å²) < 4.78 is 5.85. The minimum Gasteiger partial charge on any atom is -0.375 e. The highest BCUT2D eigenvalue weighted by atomic mass is 35.5. The third-order valence-electron chi connectivity index (χ3n) is 3.42. The van der Waals surface area contributed by atoms with Crippen LogP contribution in [0.15, 0.2) is 24.4 Å². The Morgan fingerprint density at radius 1 is 1.38 bits per heavy atom. The molecule has 0 amide bonds. The van der Waals surface area contributed by atoms with E-state index < -0.39 is 0 Å². The number of nitrogens with two attached hydrogens (primary N) is 1. The first-order valence-electron chi connectivity index (χ1n) is 6.61. The predicted octanol–water partition coefficient (Wildman–Crippen LogP) is 3.61. The van der Waals surface area contributed by atoms with Gasteiger partial charge < -0.3 is 10.5 Å². The molecule has 7 heteroatoms. The van der Waals surface area contributed by atoms with Gasteiger partial charge in [-0.2, -0.15) is 0 Å². The van der Waals surface area contributed by atoms with E-state index in [1.807, 2.05) is 24.4 Å². The molecule has 21 heavy (non-hydrogen) atoms. The number of ether oxygens (including phenoxy) is 1. The van der Waals surface area contributed by atoms with E-state index in [4.69, 9.17) is 33.7 Å². The molecule has 1 atom stereocenters. The van der Waals surface area contributed by atoms with Crippen LogP contribution in [0.5, 0.6) is 0 Å². The van der Waals surface area contributed by atoms with Gasteiger partial charge in [-0.3, -0.25) is 4.90 Å². The second kappa shape index (κ2) is 6.50. The van der Waals surface area contributed by atoms with Crippen molar-refractivity contribution in [1.82, 2.24) is 9.88 Å². The normalized spacial score (nSPS) is 19.8. The number of anilines is 1. The molecule has 3 rings (SSSR count). The maximum absolute atomic E-state index is 6.08. The standard InChI is InChI=1S/C14H15Cl2N3OS/c15-11-2-1-9(5-12(11)16)13-8-19(3-4-20-13)7-10-6-18-14(17)21-10/h1-2,5-6,13H,3-4,7-8H2,(H2,17,18). The van der Waals surface area contributed by atoms with Crippen LogP contribution in [0.4, 0.5) is 5.13 Å². The fraction of sp³-hybridized carbons (Fsp3) is 0.357. The topological polar surface area (TPSA) is 51.4 Å². The number of thiazole rings is 1. The van der Waals surface area contributed by atoms with Gasteiger partial charge >= 0.3 is 0 Å². The third-order valence-corrected chi connectivity index (χ3v) is 4.97. The van der Waals surface area contributed by atoms with Gasteiger partial charge in [0.1, 0.15) is 0 Å². The molecule has 2 N–H and O–H groups in total. The molecule has 112 valence electrons. The molecule has 1 saturated heterocycles. The van der Waals surface area contributed by atoms with E-state index in [9.17, 15) is 0 Å². The van der Waals surface area contributed by atoms with Crippen molar-refractivity contribution in [2.24, 2.45) is 0 Å². The number of hydrogen-bond acceptors (Lipinski definition) is 5. The largest absolute Gasteiger partial charge is 0.375 e. The first-order valence-corrected chi connectivity index (χ1v) is 8.18. The smallest absolute Gasteiger partial charge is 0.180 e. The minimum atomic E-state index is 0.0128. The van der Waals surface area contributed by atoms with Crippen molar-refractivity contribution in [3.63, 3.8) is 0 Å². The van der Waals surface area contributed by atoms with E-state index in [-0.39, 0.29) is 6.10 Å². The Morgan fingerprint density at radius 2 is 2.24 bits per heavy atom. The van der Waals surface area contributed by atoms with Gasteiger partial charge in [0.25, 0.3) is 0 Å². The van der Waals surface area contributed by atoms with E-state index in [0.717, 1.165) is 25.2 Å². The predicted molar refractivity (Wildman–Crippen MR) is 87.0 cm³/mol. The van der Waals surface area contributed by atoms with Crippen molar-refractivity contribution in [3.8, 4) is 0 Å². The Kier molecular flexibility index (Phi) is 4.66. The second-order valence-corrected chi connectivity index (χ2v) is 6.89. The van der Waals surface area contributed by atoms with Crippen molar-refractivity contribution in [2.45, 2.75) is 12.6 Å². The van der Waals surface area contributed by atoms with Gasteiger partial charge in [0, 0.05) is 30.7 Å². The summed E-state index contributed by atoms with van der Waals surface area (Å²) in [6, 6.07) is 5.65. The van der Waals surface area contributed by atoms with Gasteiger partial charge in [-0.05, 0) is 17.7 Å². The highest BCUT2D eigenvalue weighted by Crippen LogP contribution is 2.29. The van der Waals surface area contributed by atoms with Gasteiger partial charge in [0.15, 0.2) is 5.13 Å². The van der Waals surface area contributed by atoms with Crippen LogP contribution in [-0.2, 0) is 11.3 Å². The molecule has 4 nitrogen and oxygen atoms in total. The first kappa shape index (κ1) is 15.1. The molecule has 2 aromatic rings. The van der Waals surface area contributed by atoms with Gasteiger partial charge in [-0.1, -0.05) is 29.3 Å². The number of aromatic nitrogens is 1. The van der Waals surface area contributed by atoms with Crippen LogP contribution in [0, 0.1) is 0 Å². The summed E-state index contributed by atoms with van der Waals surface area (Å²) in [5, 5.41) is 1.73. The lowest BCUT2D eigenvalue weighted by atomic mass is 10.1. The number of morpholine rings is 1. The Morgan fingerprint density at radius 3 is 2.95 bits per heavy atom. The molecule has 1 aliphatic rings. The van der Waals surface area contributed by atoms with Crippen LogP contribution in [0.25, 0.3) is 0 Å². The van der Waals surface area contributed by atoms with Crippen LogP contribution in [0.1, 0.15) is 16.5 Å². The summed E-state index contributed by atoms with van der Waals surface area (Å²) >= 11 is 13.6. The zero-order valence-electron chi connectivity index (χ0n) is 11.3. The van der Waals surface area contributed by atoms with Crippen molar-refractivity contribution < 1.29 is 4.74 Å². The zero-order valence-corrected chi connectivity index (χ0v) is 13.6. The van der Waals surface area contributed by atoms with Crippen molar-refractivity contribution >= 4 is 39.7 Å². The Hall–Kier alpha value is -0.850. The molecule has 1 aromatic heterocycles. The van der Waals surface area contributed by atoms with Crippen LogP contribution in [0.3, 0.4) is 0 Å². The number of benzene rings is 1. The monoisotopic (exact) mass is 343 g/mol. The van der Waals surface area contributed by atoms with Gasteiger partial charge in [0.05, 0.1) is 22.8 Å². The fourth-order valence-electron chi connectivity index (χ4n) is 2.38. The summed E-state index contributed by atoms with van der Waals surface area (Å²) in [5.41, 5.74) is 6.72. The lowest BCUT2D eigenvalue weighted by Gasteiger charge is -2.32. The molecule has 0 bridgehead atoms.